The van der Waals surface area contributed by atoms with Crippen LogP contribution in [0.25, 0.3) is 11.4 Å². The largest absolute Gasteiger partial charge is 0.497 e. The zero-order chi connectivity index (χ0) is 20.4. The maximum absolute atomic E-state index is 12.8. The van der Waals surface area contributed by atoms with Gasteiger partial charge in [-0.05, 0) is 50.2 Å². The number of aryl methyl sites for hydroxylation is 1. The smallest absolute Gasteiger partial charge is 0.278 e. The molecule has 4 rings (SSSR count). The summed E-state index contributed by atoms with van der Waals surface area (Å²) in [5, 5.41) is 15.4. The van der Waals surface area contributed by atoms with Gasteiger partial charge in [-0.3, -0.25) is 4.79 Å². The molecule has 8 heteroatoms. The highest BCUT2D eigenvalue weighted by atomic mass is 16.5. The van der Waals surface area contributed by atoms with E-state index < -0.39 is 0 Å². The van der Waals surface area contributed by atoms with E-state index in [4.69, 9.17) is 4.74 Å². The van der Waals surface area contributed by atoms with Crippen LogP contribution in [0.1, 0.15) is 21.9 Å². The molecule has 2 aromatic heterocycles. The molecule has 0 saturated heterocycles. The van der Waals surface area contributed by atoms with Crippen molar-refractivity contribution in [2.45, 2.75) is 13.8 Å². The topological polar surface area (TPSA) is 86.9 Å². The number of rotatable bonds is 5. The van der Waals surface area contributed by atoms with E-state index in [1.807, 2.05) is 61.5 Å². The lowest BCUT2D eigenvalue weighted by atomic mass is 10.2. The van der Waals surface area contributed by atoms with Gasteiger partial charge < -0.3 is 10.1 Å². The summed E-state index contributed by atoms with van der Waals surface area (Å²) in [6, 6.07) is 16.8. The average molecular weight is 388 g/mol. The molecule has 29 heavy (non-hydrogen) atoms. The Balaban J connectivity index is 1.58. The van der Waals surface area contributed by atoms with Gasteiger partial charge in [-0.1, -0.05) is 17.3 Å². The molecule has 8 nitrogen and oxygen atoms in total. The van der Waals surface area contributed by atoms with Crippen molar-refractivity contribution in [1.82, 2.24) is 24.8 Å². The van der Waals surface area contributed by atoms with E-state index in [1.54, 1.807) is 29.6 Å². The van der Waals surface area contributed by atoms with Crippen molar-refractivity contribution in [1.29, 1.82) is 0 Å². The molecular weight excluding hydrogens is 368 g/mol. The maximum atomic E-state index is 12.8. The van der Waals surface area contributed by atoms with Gasteiger partial charge in [-0.15, -0.1) is 5.10 Å². The van der Waals surface area contributed by atoms with Crippen molar-refractivity contribution in [3.05, 3.63) is 77.9 Å². The van der Waals surface area contributed by atoms with Crippen LogP contribution in [0.4, 0.5) is 5.69 Å². The molecule has 0 spiro atoms. The van der Waals surface area contributed by atoms with Gasteiger partial charge >= 0.3 is 0 Å². The van der Waals surface area contributed by atoms with Gasteiger partial charge in [0.15, 0.2) is 5.69 Å². The Hall–Kier alpha value is -3.94. The number of nitrogens with one attached hydrogen (secondary N) is 1. The molecule has 1 amide bonds. The third kappa shape index (κ3) is 3.60. The van der Waals surface area contributed by atoms with Crippen molar-refractivity contribution in [2.24, 2.45) is 0 Å². The number of hydrogen-bond acceptors (Lipinski definition) is 5. The fourth-order valence-electron chi connectivity index (χ4n) is 3.07. The van der Waals surface area contributed by atoms with Crippen LogP contribution < -0.4 is 10.1 Å². The third-order valence-corrected chi connectivity index (χ3v) is 4.59. The van der Waals surface area contributed by atoms with Crippen LogP contribution in [-0.4, -0.2) is 37.8 Å². The van der Waals surface area contributed by atoms with Gasteiger partial charge in [0.05, 0.1) is 24.2 Å². The number of carbonyl (C=O) groups is 1. The summed E-state index contributed by atoms with van der Waals surface area (Å²) < 4.78 is 8.67. The molecule has 0 aliphatic carbocycles. The molecule has 0 unspecified atom stereocenters. The number of carbonyl (C=O) groups excluding carboxylic acids is 1. The highest BCUT2D eigenvalue weighted by molar-refractivity contribution is 6.03. The number of ether oxygens (including phenoxy) is 1. The number of aromatic nitrogens is 5. The first-order valence-electron chi connectivity index (χ1n) is 9.06. The van der Waals surface area contributed by atoms with Gasteiger partial charge in [0.1, 0.15) is 5.75 Å². The van der Waals surface area contributed by atoms with E-state index in [-0.39, 0.29) is 11.6 Å². The first kappa shape index (κ1) is 18.4. The molecule has 0 fully saturated rings. The van der Waals surface area contributed by atoms with Gasteiger partial charge in [-0.25, -0.2) is 9.36 Å². The second kappa shape index (κ2) is 7.59. The van der Waals surface area contributed by atoms with E-state index in [0.717, 1.165) is 17.1 Å². The fraction of sp³-hybridized carbons (Fsp3) is 0.143. The molecular formula is C21H20N6O2. The Morgan fingerprint density at radius 2 is 1.76 bits per heavy atom. The predicted octanol–water partition coefficient (Wildman–Crippen LogP) is 3.33. The van der Waals surface area contributed by atoms with E-state index >= 15 is 0 Å². The van der Waals surface area contributed by atoms with Gasteiger partial charge in [0, 0.05) is 23.6 Å². The first-order chi connectivity index (χ1) is 14.1. The second-order valence-corrected chi connectivity index (χ2v) is 6.53. The predicted molar refractivity (Wildman–Crippen MR) is 109 cm³/mol. The normalized spacial score (nSPS) is 10.7. The number of nitrogens with zero attached hydrogens (tertiary/aromatic N) is 5. The SMILES string of the molecule is COc1cccc(-n2nnc(C(=O)Nc3cccc(-n4nccc4C)c3)c2C)c1. The van der Waals surface area contributed by atoms with E-state index in [0.29, 0.717) is 17.1 Å². The molecule has 0 saturated carbocycles. The summed E-state index contributed by atoms with van der Waals surface area (Å²) in [7, 11) is 1.60. The van der Waals surface area contributed by atoms with E-state index in [2.05, 4.69) is 20.7 Å². The van der Waals surface area contributed by atoms with Gasteiger partial charge in [0.25, 0.3) is 5.91 Å². The van der Waals surface area contributed by atoms with Gasteiger partial charge in [-0.2, -0.15) is 5.10 Å². The molecule has 0 radical (unpaired) electrons. The van der Waals surface area contributed by atoms with Crippen LogP contribution >= 0.6 is 0 Å². The molecule has 1 N–H and O–H groups in total. The number of benzene rings is 2. The minimum Gasteiger partial charge on any atom is -0.497 e. The molecule has 0 atom stereocenters. The highest BCUT2D eigenvalue weighted by Gasteiger charge is 2.18. The Labute approximate surface area is 167 Å². The summed E-state index contributed by atoms with van der Waals surface area (Å²) >= 11 is 0. The Bertz CT molecular complexity index is 1180. The average Bonchev–Trinajstić information content (AvgIpc) is 3.33. The number of anilines is 1. The van der Waals surface area contributed by atoms with Crippen LogP contribution in [0.3, 0.4) is 0 Å². The van der Waals surface area contributed by atoms with Crippen LogP contribution in [0.2, 0.25) is 0 Å². The minimum absolute atomic E-state index is 0.258. The summed E-state index contributed by atoms with van der Waals surface area (Å²) in [4.78, 5) is 12.8. The minimum atomic E-state index is -0.328. The summed E-state index contributed by atoms with van der Waals surface area (Å²) in [5.41, 5.74) is 4.18. The van der Waals surface area contributed by atoms with Gasteiger partial charge in [0.2, 0.25) is 0 Å². The Morgan fingerprint density at radius 1 is 1.00 bits per heavy atom. The van der Waals surface area contributed by atoms with Crippen molar-refractivity contribution in [2.75, 3.05) is 12.4 Å². The van der Waals surface area contributed by atoms with Crippen LogP contribution in [-0.2, 0) is 0 Å². The standard InChI is InChI=1S/C21H20N6O2/c1-14-10-11-22-26(14)17-7-4-6-16(12-17)23-21(28)20-15(2)27(25-24-20)18-8-5-9-19(13-18)29-3/h4-13H,1-3H3,(H,23,28). The van der Waals surface area contributed by atoms with E-state index in [9.17, 15) is 4.79 Å². The summed E-state index contributed by atoms with van der Waals surface area (Å²) in [6.45, 7) is 3.77. The zero-order valence-corrected chi connectivity index (χ0v) is 16.3. The van der Waals surface area contributed by atoms with Crippen LogP contribution in [0, 0.1) is 13.8 Å². The maximum Gasteiger partial charge on any atom is 0.278 e. The van der Waals surface area contributed by atoms with Crippen molar-refractivity contribution in [3.8, 4) is 17.1 Å². The second-order valence-electron chi connectivity index (χ2n) is 6.53. The Morgan fingerprint density at radius 3 is 2.48 bits per heavy atom. The zero-order valence-electron chi connectivity index (χ0n) is 16.3. The molecule has 2 heterocycles. The first-order valence-corrected chi connectivity index (χ1v) is 9.06. The van der Waals surface area contributed by atoms with E-state index in [1.165, 1.54) is 0 Å². The number of hydrogen-bond donors (Lipinski definition) is 1. The molecule has 0 aliphatic rings. The third-order valence-electron chi connectivity index (χ3n) is 4.59. The monoisotopic (exact) mass is 388 g/mol. The summed E-state index contributed by atoms with van der Waals surface area (Å²) in [5.74, 6) is 0.375. The lowest BCUT2D eigenvalue weighted by Crippen LogP contribution is -2.14. The lowest BCUT2D eigenvalue weighted by molar-refractivity contribution is 0.102. The van der Waals surface area contributed by atoms with Crippen LogP contribution in [0.15, 0.2) is 60.8 Å². The molecule has 0 aliphatic heterocycles. The molecule has 2 aromatic carbocycles. The number of amides is 1. The lowest BCUT2D eigenvalue weighted by Gasteiger charge is -2.09. The molecule has 146 valence electrons. The van der Waals surface area contributed by atoms with Crippen molar-refractivity contribution >= 4 is 11.6 Å². The summed E-state index contributed by atoms with van der Waals surface area (Å²) in [6.07, 6.45) is 1.74. The Kier molecular flexibility index (Phi) is 4.82. The number of methoxy groups -OCH3 is 1. The van der Waals surface area contributed by atoms with Crippen molar-refractivity contribution in [3.63, 3.8) is 0 Å². The fourth-order valence-corrected chi connectivity index (χ4v) is 3.07. The quantitative estimate of drug-likeness (QED) is 0.567. The molecule has 4 aromatic rings. The van der Waals surface area contributed by atoms with Crippen molar-refractivity contribution < 1.29 is 9.53 Å². The molecule has 0 bridgehead atoms. The highest BCUT2D eigenvalue weighted by Crippen LogP contribution is 2.20. The van der Waals surface area contributed by atoms with Crippen LogP contribution in [0.5, 0.6) is 5.75 Å².